The summed E-state index contributed by atoms with van der Waals surface area (Å²) in [7, 11) is 4.55. The first-order valence-electron chi connectivity index (χ1n) is 8.43. The van der Waals surface area contributed by atoms with Crippen LogP contribution in [0.25, 0.3) is 0 Å². The Morgan fingerprint density at radius 2 is 1.77 bits per heavy atom. The van der Waals surface area contributed by atoms with Crippen molar-refractivity contribution in [1.82, 2.24) is 9.13 Å². The third kappa shape index (κ3) is 5.71. The third-order valence-electron chi connectivity index (χ3n) is 4.07. The van der Waals surface area contributed by atoms with Gasteiger partial charge in [-0.25, -0.2) is 17.6 Å². The van der Waals surface area contributed by atoms with E-state index in [1.807, 2.05) is 0 Å². The molecule has 11 heteroatoms. The molecule has 1 amide bonds. The predicted molar refractivity (Wildman–Crippen MR) is 110 cm³/mol. The molecule has 0 aliphatic carbocycles. The minimum atomic E-state index is -3.90. The molecular weight excluding hydrogens is 437 g/mol. The fraction of sp³-hybridized carbons (Fsp3) is 0.158. The van der Waals surface area contributed by atoms with E-state index in [1.165, 1.54) is 42.1 Å². The monoisotopic (exact) mass is 455 g/mol. The number of aromatic nitrogens is 2. The summed E-state index contributed by atoms with van der Waals surface area (Å²) in [5.41, 5.74) is 1.24. The average Bonchev–Trinajstić information content (AvgIpc) is 3.24. The Morgan fingerprint density at radius 3 is 2.20 bits per heavy atom. The van der Waals surface area contributed by atoms with Crippen molar-refractivity contribution < 1.29 is 27.5 Å². The van der Waals surface area contributed by atoms with Gasteiger partial charge >= 0.3 is 5.97 Å². The molecule has 160 valence electrons. The van der Waals surface area contributed by atoms with Crippen LogP contribution in [-0.4, -0.2) is 34.5 Å². The smallest absolute Gasteiger partial charge is 0.352 e. The van der Waals surface area contributed by atoms with Gasteiger partial charge in [0, 0.05) is 42.9 Å². The Bertz CT molecular complexity index is 1200. The Morgan fingerprint density at radius 1 is 1.10 bits per heavy atom. The van der Waals surface area contributed by atoms with Gasteiger partial charge in [0.25, 0.3) is 15.0 Å². The highest BCUT2D eigenvalue weighted by Crippen LogP contribution is 2.19. The van der Waals surface area contributed by atoms with Crippen LogP contribution in [0.4, 0.5) is 10.1 Å². The molecule has 0 spiro atoms. The molecule has 0 bridgehead atoms. The fourth-order valence-electron chi connectivity index (χ4n) is 2.49. The summed E-state index contributed by atoms with van der Waals surface area (Å²) < 4.78 is 38.5. The van der Waals surface area contributed by atoms with Crippen molar-refractivity contribution in [2.24, 2.45) is 14.1 Å². The Kier molecular flexibility index (Phi) is 7.06. The predicted octanol–water partition coefficient (Wildman–Crippen LogP) is 3.38. The molecule has 30 heavy (non-hydrogen) atoms. The van der Waals surface area contributed by atoms with Crippen LogP contribution < -0.4 is 5.32 Å². The van der Waals surface area contributed by atoms with Gasteiger partial charge in [0.05, 0.1) is 0 Å². The third-order valence-corrected chi connectivity index (χ3v) is 5.39. The lowest BCUT2D eigenvalue weighted by Gasteiger charge is -2.07. The number of nitrogens with one attached hydrogen (secondary N) is 1. The molecule has 0 aliphatic heterocycles. The molecule has 1 aromatic carbocycles. The van der Waals surface area contributed by atoms with E-state index < -0.39 is 20.9 Å². The summed E-state index contributed by atoms with van der Waals surface area (Å²) in [6, 6.07) is 8.57. The lowest BCUT2D eigenvalue weighted by Crippen LogP contribution is -2.15. The first kappa shape index (κ1) is 23.2. The van der Waals surface area contributed by atoms with Gasteiger partial charge < -0.3 is 19.6 Å². The number of hydrogen-bond donors (Lipinski definition) is 2. The number of carboxylic acids is 1. The molecule has 0 radical (unpaired) electrons. The van der Waals surface area contributed by atoms with E-state index in [9.17, 15) is 22.4 Å². The largest absolute Gasteiger partial charge is 0.477 e. The molecule has 0 saturated carbocycles. The van der Waals surface area contributed by atoms with Gasteiger partial charge in [0.15, 0.2) is 0 Å². The molecule has 3 aromatic rings. The molecule has 2 N–H and O–H groups in total. The van der Waals surface area contributed by atoms with Crippen molar-refractivity contribution in [3.8, 4) is 0 Å². The van der Waals surface area contributed by atoms with Crippen LogP contribution in [0.3, 0.4) is 0 Å². The van der Waals surface area contributed by atoms with E-state index in [0.29, 0.717) is 16.9 Å². The lowest BCUT2D eigenvalue weighted by molar-refractivity contribution is 0.0686. The van der Waals surface area contributed by atoms with Gasteiger partial charge in [0.2, 0.25) is 0 Å². The summed E-state index contributed by atoms with van der Waals surface area (Å²) in [5, 5.41) is 11.0. The number of benzene rings is 1. The summed E-state index contributed by atoms with van der Waals surface area (Å²) in [6.07, 6.45) is 2.94. The van der Waals surface area contributed by atoms with Crippen LogP contribution in [0.1, 0.15) is 26.5 Å². The second-order valence-corrected chi connectivity index (χ2v) is 8.90. The van der Waals surface area contributed by atoms with Crippen molar-refractivity contribution in [2.75, 3.05) is 5.32 Å². The van der Waals surface area contributed by atoms with Gasteiger partial charge in [-0.3, -0.25) is 4.79 Å². The van der Waals surface area contributed by atoms with Gasteiger partial charge in [-0.05, 0) is 48.9 Å². The Hall–Kier alpha value is -3.11. The molecule has 3 rings (SSSR count). The summed E-state index contributed by atoms with van der Waals surface area (Å²) in [6.45, 7) is 1.58. The number of rotatable bonds is 4. The van der Waals surface area contributed by atoms with Crippen molar-refractivity contribution in [3.05, 3.63) is 71.6 Å². The molecule has 0 fully saturated rings. The summed E-state index contributed by atoms with van der Waals surface area (Å²) >= 11 is 0. The highest BCUT2D eigenvalue weighted by molar-refractivity contribution is 8.13. The number of carboxylic acid groups (broad SMARTS) is 1. The minimum Gasteiger partial charge on any atom is -0.477 e. The lowest BCUT2D eigenvalue weighted by atomic mass is 10.2. The topological polar surface area (TPSA) is 110 Å². The molecule has 0 saturated heterocycles. The quantitative estimate of drug-likeness (QED) is 0.586. The zero-order valence-electron chi connectivity index (χ0n) is 16.3. The van der Waals surface area contributed by atoms with Gasteiger partial charge in [0.1, 0.15) is 22.1 Å². The Balaban J connectivity index is 0.000000297. The van der Waals surface area contributed by atoms with E-state index in [4.69, 9.17) is 15.8 Å². The highest BCUT2D eigenvalue weighted by Gasteiger charge is 2.18. The summed E-state index contributed by atoms with van der Waals surface area (Å²) in [5.74, 6) is -1.78. The van der Waals surface area contributed by atoms with Gasteiger partial charge in [-0.2, -0.15) is 0 Å². The van der Waals surface area contributed by atoms with Crippen LogP contribution in [-0.2, 0) is 23.1 Å². The summed E-state index contributed by atoms with van der Waals surface area (Å²) in [4.78, 5) is 22.2. The second-order valence-electron chi connectivity index (χ2n) is 6.34. The zero-order valence-corrected chi connectivity index (χ0v) is 17.8. The number of halogens is 2. The van der Waals surface area contributed by atoms with Crippen LogP contribution >= 0.6 is 10.7 Å². The van der Waals surface area contributed by atoms with Crippen molar-refractivity contribution >= 4 is 37.3 Å². The molecule has 2 heterocycles. The van der Waals surface area contributed by atoms with E-state index >= 15 is 0 Å². The van der Waals surface area contributed by atoms with Crippen molar-refractivity contribution in [1.29, 1.82) is 0 Å². The van der Waals surface area contributed by atoms with Crippen molar-refractivity contribution in [2.45, 2.75) is 11.8 Å². The highest BCUT2D eigenvalue weighted by atomic mass is 35.7. The van der Waals surface area contributed by atoms with Gasteiger partial charge in [-0.1, -0.05) is 0 Å². The average molecular weight is 456 g/mol. The number of carbonyl (C=O) groups excluding carboxylic acids is 1. The fourth-order valence-corrected chi connectivity index (χ4v) is 3.28. The number of nitrogens with zero attached hydrogens (tertiary/aromatic N) is 2. The number of hydrogen-bond acceptors (Lipinski definition) is 4. The molecule has 0 aliphatic rings. The van der Waals surface area contributed by atoms with E-state index in [-0.39, 0.29) is 16.4 Å². The van der Waals surface area contributed by atoms with E-state index in [1.54, 1.807) is 36.9 Å². The maximum Gasteiger partial charge on any atom is 0.352 e. The number of carbonyl (C=O) groups is 2. The minimum absolute atomic E-state index is 0.121. The molecular formula is C19H19ClFN3O5S. The molecule has 0 atom stereocenters. The van der Waals surface area contributed by atoms with Crippen LogP contribution in [0.15, 0.2) is 53.7 Å². The standard InChI is InChI=1S/C13H12ClFN2O3S.C6H7NO2/c1-8-5-9(3-4-11(8)15)16-13(18)12-6-10(7-17(12)2)21(14,19)20;1-7-4-2-3-5(7)6(8)9/h3-7H,1-2H3,(H,16,18);2-4H,1H3,(H,8,9). The first-order valence-corrected chi connectivity index (χ1v) is 10.7. The first-order chi connectivity index (χ1) is 13.9. The molecule has 2 aromatic heterocycles. The molecule has 8 nitrogen and oxygen atoms in total. The number of anilines is 1. The maximum atomic E-state index is 13.2. The number of amides is 1. The number of aryl methyl sites for hydroxylation is 3. The SMILES string of the molecule is Cc1cc(NC(=O)c2cc(S(=O)(=O)Cl)cn2C)ccc1F.Cn1cccc1C(=O)O. The van der Waals surface area contributed by atoms with Crippen LogP contribution in [0.2, 0.25) is 0 Å². The maximum absolute atomic E-state index is 13.2. The Labute approximate surface area is 176 Å². The van der Waals surface area contributed by atoms with Crippen LogP contribution in [0.5, 0.6) is 0 Å². The van der Waals surface area contributed by atoms with Crippen LogP contribution in [0, 0.1) is 12.7 Å². The van der Waals surface area contributed by atoms with E-state index in [2.05, 4.69) is 5.32 Å². The van der Waals surface area contributed by atoms with Crippen molar-refractivity contribution in [3.63, 3.8) is 0 Å². The van der Waals surface area contributed by atoms with E-state index in [0.717, 1.165) is 0 Å². The normalized spacial score (nSPS) is 10.8. The second kappa shape index (κ2) is 9.14. The zero-order chi connectivity index (χ0) is 22.6. The van der Waals surface area contributed by atoms with Gasteiger partial charge in [-0.15, -0.1) is 0 Å². The number of aromatic carboxylic acids is 1. The molecule has 0 unspecified atom stereocenters.